The van der Waals surface area contributed by atoms with E-state index in [1.54, 1.807) is 7.11 Å². The number of hydrogen-bond acceptors (Lipinski definition) is 1. The van der Waals surface area contributed by atoms with Crippen LogP contribution in [0.4, 0.5) is 0 Å². The van der Waals surface area contributed by atoms with Crippen LogP contribution in [0.3, 0.4) is 0 Å². The highest BCUT2D eigenvalue weighted by Gasteiger charge is 2.15. The van der Waals surface area contributed by atoms with Gasteiger partial charge in [0.1, 0.15) is 0 Å². The topological polar surface area (TPSA) is 9.23 Å². The molecule has 0 aromatic heterocycles. The molecule has 0 spiro atoms. The molecule has 0 fully saturated rings. The van der Waals surface area contributed by atoms with Crippen molar-refractivity contribution >= 4 is 0 Å². The van der Waals surface area contributed by atoms with Crippen LogP contribution in [0.25, 0.3) is 0 Å². The molecular formula is C17H28O. The third-order valence-electron chi connectivity index (χ3n) is 4.17. The molecule has 0 bridgehead atoms. The Bertz CT molecular complexity index is 345. The normalized spacial score (nSPS) is 16.3. The van der Waals surface area contributed by atoms with Crippen LogP contribution in [-0.4, -0.2) is 13.2 Å². The predicted octanol–water partition coefficient (Wildman–Crippen LogP) is 4.80. The largest absolute Gasteiger partial charge is 0.382 e. The number of hydrogen-bond donors (Lipinski definition) is 0. The van der Waals surface area contributed by atoms with Crippen molar-refractivity contribution in [3.63, 3.8) is 0 Å². The second-order valence-electron chi connectivity index (χ2n) is 5.49. The van der Waals surface area contributed by atoms with Crippen molar-refractivity contribution in [1.29, 1.82) is 0 Å². The van der Waals surface area contributed by atoms with E-state index in [1.165, 1.54) is 17.5 Å². The first-order valence-corrected chi connectivity index (χ1v) is 7.20. The zero-order valence-electron chi connectivity index (χ0n) is 12.6. The van der Waals surface area contributed by atoms with Crippen molar-refractivity contribution in [3.05, 3.63) is 35.4 Å². The molecule has 0 aliphatic carbocycles. The first-order valence-electron chi connectivity index (χ1n) is 7.20. The Morgan fingerprint density at radius 2 is 1.83 bits per heavy atom. The Hall–Kier alpha value is -0.820. The molecule has 102 valence electrons. The van der Waals surface area contributed by atoms with Crippen molar-refractivity contribution in [3.8, 4) is 0 Å². The summed E-state index contributed by atoms with van der Waals surface area (Å²) >= 11 is 0. The molecule has 3 atom stereocenters. The van der Waals surface area contributed by atoms with E-state index in [4.69, 9.17) is 4.74 Å². The molecule has 18 heavy (non-hydrogen) atoms. The van der Waals surface area contributed by atoms with Gasteiger partial charge >= 0.3 is 0 Å². The van der Waals surface area contributed by atoms with Crippen LogP contribution in [0.1, 0.15) is 57.6 Å². The lowest BCUT2D eigenvalue weighted by atomic mass is 9.85. The third kappa shape index (κ3) is 4.45. The van der Waals surface area contributed by atoms with Crippen molar-refractivity contribution in [2.24, 2.45) is 5.92 Å². The maximum Gasteiger partial charge on any atom is 0.0543 e. The maximum absolute atomic E-state index is 5.32. The minimum Gasteiger partial charge on any atom is -0.382 e. The van der Waals surface area contributed by atoms with Crippen LogP contribution in [0, 0.1) is 5.92 Å². The molecule has 0 amide bonds. The van der Waals surface area contributed by atoms with Crippen LogP contribution in [0.5, 0.6) is 0 Å². The van der Waals surface area contributed by atoms with E-state index in [0.29, 0.717) is 17.9 Å². The van der Waals surface area contributed by atoms with Crippen molar-refractivity contribution in [1.82, 2.24) is 0 Å². The lowest BCUT2D eigenvalue weighted by Gasteiger charge is -2.22. The summed E-state index contributed by atoms with van der Waals surface area (Å²) in [6.07, 6.45) is 3.87. The third-order valence-corrected chi connectivity index (χ3v) is 4.17. The van der Waals surface area contributed by atoms with Gasteiger partial charge in [-0.3, -0.25) is 0 Å². The van der Waals surface area contributed by atoms with Crippen LogP contribution >= 0.6 is 0 Å². The van der Waals surface area contributed by atoms with Gasteiger partial charge in [0.15, 0.2) is 0 Å². The molecule has 0 heterocycles. The van der Waals surface area contributed by atoms with Crippen molar-refractivity contribution in [2.45, 2.75) is 59.0 Å². The van der Waals surface area contributed by atoms with Gasteiger partial charge in [0.05, 0.1) is 6.10 Å². The molecule has 1 heteroatoms. The molecule has 3 unspecified atom stereocenters. The smallest absolute Gasteiger partial charge is 0.0543 e. The number of aryl methyl sites for hydroxylation is 1. The number of rotatable bonds is 7. The summed E-state index contributed by atoms with van der Waals surface area (Å²) in [6.45, 7) is 9.06. The summed E-state index contributed by atoms with van der Waals surface area (Å²) in [5, 5.41) is 0. The molecule has 1 aromatic carbocycles. The van der Waals surface area contributed by atoms with Gasteiger partial charge in [0.2, 0.25) is 0 Å². The summed E-state index contributed by atoms with van der Waals surface area (Å²) in [7, 11) is 1.80. The van der Waals surface area contributed by atoms with E-state index in [9.17, 15) is 0 Å². The van der Waals surface area contributed by atoms with E-state index in [1.807, 2.05) is 0 Å². The number of benzene rings is 1. The van der Waals surface area contributed by atoms with Crippen LogP contribution < -0.4 is 0 Å². The first-order chi connectivity index (χ1) is 8.58. The molecule has 1 rings (SSSR count). The molecule has 1 aromatic rings. The van der Waals surface area contributed by atoms with Crippen LogP contribution in [0.15, 0.2) is 24.3 Å². The highest BCUT2D eigenvalue weighted by atomic mass is 16.5. The lowest BCUT2D eigenvalue weighted by Crippen LogP contribution is -2.11. The Kier molecular flexibility index (Phi) is 6.42. The summed E-state index contributed by atoms with van der Waals surface area (Å²) in [5.41, 5.74) is 2.92. The van der Waals surface area contributed by atoms with Gasteiger partial charge in [-0.25, -0.2) is 0 Å². The highest BCUT2D eigenvalue weighted by Crippen LogP contribution is 2.28. The highest BCUT2D eigenvalue weighted by molar-refractivity contribution is 5.26. The summed E-state index contributed by atoms with van der Waals surface area (Å²) < 4.78 is 5.32. The van der Waals surface area contributed by atoms with Gasteiger partial charge in [0, 0.05) is 7.11 Å². The molecule has 0 radical (unpaired) electrons. The Labute approximate surface area is 113 Å². The maximum atomic E-state index is 5.32. The van der Waals surface area contributed by atoms with E-state index in [-0.39, 0.29) is 0 Å². The van der Waals surface area contributed by atoms with E-state index < -0.39 is 0 Å². The van der Waals surface area contributed by atoms with Gasteiger partial charge in [0.25, 0.3) is 0 Å². The predicted molar refractivity (Wildman–Crippen MR) is 79.1 cm³/mol. The van der Waals surface area contributed by atoms with Gasteiger partial charge < -0.3 is 4.74 Å². The minimum atomic E-state index is 0.377. The first kappa shape index (κ1) is 15.2. The zero-order chi connectivity index (χ0) is 13.5. The van der Waals surface area contributed by atoms with Crippen molar-refractivity contribution in [2.75, 3.05) is 7.11 Å². The Morgan fingerprint density at radius 3 is 2.44 bits per heavy atom. The average Bonchev–Trinajstić information content (AvgIpc) is 2.43. The van der Waals surface area contributed by atoms with Crippen LogP contribution in [-0.2, 0) is 11.2 Å². The van der Waals surface area contributed by atoms with Crippen molar-refractivity contribution < 1.29 is 4.74 Å². The lowest BCUT2D eigenvalue weighted by molar-refractivity contribution is 0.104. The zero-order valence-corrected chi connectivity index (χ0v) is 12.6. The number of methoxy groups -OCH3 is 1. The number of ether oxygens (including phenoxy) is 1. The summed E-state index contributed by atoms with van der Waals surface area (Å²) in [4.78, 5) is 0. The van der Waals surface area contributed by atoms with Gasteiger partial charge in [-0.05, 0) is 49.1 Å². The minimum absolute atomic E-state index is 0.377. The fourth-order valence-corrected chi connectivity index (χ4v) is 2.29. The molecule has 0 aliphatic rings. The summed E-state index contributed by atoms with van der Waals surface area (Å²) in [6, 6.07) is 9.03. The molecule has 0 saturated heterocycles. The van der Waals surface area contributed by atoms with E-state index in [0.717, 1.165) is 12.8 Å². The second-order valence-corrected chi connectivity index (χ2v) is 5.49. The molecule has 0 aliphatic heterocycles. The van der Waals surface area contributed by atoms with Gasteiger partial charge in [-0.1, -0.05) is 45.0 Å². The molecular weight excluding hydrogens is 220 g/mol. The molecule has 1 nitrogen and oxygen atoms in total. The van der Waals surface area contributed by atoms with Gasteiger partial charge in [-0.15, -0.1) is 0 Å². The quantitative estimate of drug-likeness (QED) is 0.673. The van der Waals surface area contributed by atoms with Gasteiger partial charge in [-0.2, -0.15) is 0 Å². The van der Waals surface area contributed by atoms with E-state index in [2.05, 4.69) is 52.0 Å². The average molecular weight is 248 g/mol. The fraction of sp³-hybridized carbons (Fsp3) is 0.647. The second kappa shape index (κ2) is 7.58. The van der Waals surface area contributed by atoms with Crippen LogP contribution in [0.2, 0.25) is 0 Å². The summed E-state index contributed by atoms with van der Waals surface area (Å²) in [5.74, 6) is 1.33. The Morgan fingerprint density at radius 1 is 1.11 bits per heavy atom. The van der Waals surface area contributed by atoms with E-state index >= 15 is 0 Å². The fourth-order valence-electron chi connectivity index (χ4n) is 2.29. The molecule has 0 saturated carbocycles. The Balaban J connectivity index is 2.59. The standard InChI is InChI=1S/C17H28O/c1-6-16-8-7-9-17(12-16)15(4)13(2)10-11-14(3)18-5/h7-9,12-15H,6,10-11H2,1-5H3. The SMILES string of the molecule is CCc1cccc(C(C)C(C)CCC(C)OC)c1. The molecule has 0 N–H and O–H groups in total. The monoisotopic (exact) mass is 248 g/mol.